The number of aliphatic hydroxyl groups excluding tert-OH is 1. The number of quaternary nitrogens is 1. The number of likely N-dealkylation sites (N-methyl/N-ethyl adjacent to an activating group) is 1. The van der Waals surface area contributed by atoms with Crippen molar-refractivity contribution in [2.75, 3.05) is 19.7 Å². The van der Waals surface area contributed by atoms with Crippen molar-refractivity contribution < 1.29 is 10.4 Å². The van der Waals surface area contributed by atoms with E-state index >= 15 is 0 Å². The molecule has 0 amide bonds. The molecule has 0 unspecified atom stereocenters. The molecule has 0 spiro atoms. The van der Waals surface area contributed by atoms with E-state index < -0.39 is 0 Å². The molecule has 0 aromatic heterocycles. The molecule has 0 radical (unpaired) electrons. The van der Waals surface area contributed by atoms with Gasteiger partial charge in [0.05, 0.1) is 19.7 Å². The summed E-state index contributed by atoms with van der Waals surface area (Å²) < 4.78 is 0. The van der Waals surface area contributed by atoms with Crippen molar-refractivity contribution in [1.29, 1.82) is 0 Å². The molecule has 0 aliphatic carbocycles. The molecule has 3 N–H and O–H groups in total. The van der Waals surface area contributed by atoms with E-state index in [0.29, 0.717) is 6.61 Å². The van der Waals surface area contributed by atoms with Crippen LogP contribution in [0.25, 0.3) is 0 Å². The molecule has 0 aliphatic heterocycles. The molecular formula is C4H12NO+. The Labute approximate surface area is 38.2 Å². The third kappa shape index (κ3) is 3.92. The highest BCUT2D eigenvalue weighted by Gasteiger charge is 1.76. The molecule has 0 bridgehead atoms. The quantitative estimate of drug-likeness (QED) is 0.409. The number of nitrogens with two attached hydrogens (primary N) is 1. The average molecular weight is 90.1 g/mol. The van der Waals surface area contributed by atoms with Crippen LogP contribution in [0.2, 0.25) is 0 Å². The van der Waals surface area contributed by atoms with E-state index in [1.165, 1.54) is 0 Å². The maximum Gasteiger partial charge on any atom is 0.0990 e. The molecule has 0 saturated heterocycles. The van der Waals surface area contributed by atoms with Crippen LogP contribution >= 0.6 is 0 Å². The molecule has 0 aromatic carbocycles. The van der Waals surface area contributed by atoms with E-state index in [1.54, 1.807) is 0 Å². The minimum absolute atomic E-state index is 0.299. The molecule has 0 fully saturated rings. The van der Waals surface area contributed by atoms with Crippen molar-refractivity contribution in [2.24, 2.45) is 0 Å². The van der Waals surface area contributed by atoms with E-state index in [0.717, 1.165) is 13.1 Å². The standard InChI is InChI=1S/C4H11NO/c1-2-5-3-4-6/h5-6H,2-4H2,1H3/p+1. The first-order valence-corrected chi connectivity index (χ1v) is 2.34. The van der Waals surface area contributed by atoms with Crippen LogP contribution in [0.3, 0.4) is 0 Å². The van der Waals surface area contributed by atoms with Crippen LogP contribution in [0.1, 0.15) is 6.92 Å². The summed E-state index contributed by atoms with van der Waals surface area (Å²) in [6, 6.07) is 0. The molecule has 6 heavy (non-hydrogen) atoms. The molecule has 0 aliphatic rings. The molecular weight excluding hydrogens is 78.0 g/mol. The van der Waals surface area contributed by atoms with Crippen LogP contribution < -0.4 is 5.32 Å². The predicted octanol–water partition coefficient (Wildman–Crippen LogP) is -1.44. The molecule has 0 saturated carbocycles. The van der Waals surface area contributed by atoms with Gasteiger partial charge in [0.15, 0.2) is 0 Å². The molecule has 0 atom stereocenters. The predicted molar refractivity (Wildman–Crippen MR) is 24.4 cm³/mol. The van der Waals surface area contributed by atoms with Gasteiger partial charge in [0.2, 0.25) is 0 Å². The Balaban J connectivity index is 2.34. The van der Waals surface area contributed by atoms with Crippen molar-refractivity contribution in [3.63, 3.8) is 0 Å². The monoisotopic (exact) mass is 90.1 g/mol. The lowest BCUT2D eigenvalue weighted by molar-refractivity contribution is -0.652. The van der Waals surface area contributed by atoms with E-state index in [9.17, 15) is 0 Å². The molecule has 38 valence electrons. The number of hydrogen-bond acceptors (Lipinski definition) is 1. The highest BCUT2D eigenvalue weighted by Crippen LogP contribution is 1.36. The largest absolute Gasteiger partial charge is 0.391 e. The maximum absolute atomic E-state index is 8.17. The van der Waals surface area contributed by atoms with Gasteiger partial charge >= 0.3 is 0 Å². The van der Waals surface area contributed by atoms with Crippen LogP contribution in [-0.2, 0) is 0 Å². The van der Waals surface area contributed by atoms with Crippen LogP contribution in [0, 0.1) is 0 Å². The molecule has 0 aromatic rings. The number of hydrogen-bond donors (Lipinski definition) is 2. The Morgan fingerprint density at radius 3 is 2.50 bits per heavy atom. The first-order chi connectivity index (χ1) is 2.91. The third-order valence-electron chi connectivity index (χ3n) is 0.622. The zero-order chi connectivity index (χ0) is 4.83. The highest BCUT2D eigenvalue weighted by atomic mass is 16.3. The summed E-state index contributed by atoms with van der Waals surface area (Å²) in [4.78, 5) is 0. The van der Waals surface area contributed by atoms with Gasteiger partial charge in [0.25, 0.3) is 0 Å². The van der Waals surface area contributed by atoms with E-state index in [-0.39, 0.29) is 0 Å². The van der Waals surface area contributed by atoms with E-state index in [4.69, 9.17) is 5.11 Å². The topological polar surface area (TPSA) is 36.8 Å². The highest BCUT2D eigenvalue weighted by molar-refractivity contribution is 4.09. The second kappa shape index (κ2) is 4.92. The van der Waals surface area contributed by atoms with Gasteiger partial charge in [-0.3, -0.25) is 0 Å². The summed E-state index contributed by atoms with van der Waals surface area (Å²) in [7, 11) is 0. The van der Waals surface area contributed by atoms with Crippen LogP contribution in [0.5, 0.6) is 0 Å². The summed E-state index contributed by atoms with van der Waals surface area (Å²) in [5, 5.41) is 10.2. The second-order valence-electron chi connectivity index (χ2n) is 1.21. The second-order valence-corrected chi connectivity index (χ2v) is 1.21. The number of aliphatic hydroxyl groups is 1. The fraction of sp³-hybridized carbons (Fsp3) is 1.00. The van der Waals surface area contributed by atoms with E-state index in [2.05, 4.69) is 12.2 Å². The maximum atomic E-state index is 8.17. The van der Waals surface area contributed by atoms with Crippen LogP contribution in [0.4, 0.5) is 0 Å². The lowest BCUT2D eigenvalue weighted by Gasteiger charge is -1.88. The Morgan fingerprint density at radius 2 is 2.33 bits per heavy atom. The van der Waals surface area contributed by atoms with Crippen molar-refractivity contribution in [3.8, 4) is 0 Å². The Morgan fingerprint density at radius 1 is 1.67 bits per heavy atom. The first-order valence-electron chi connectivity index (χ1n) is 2.34. The van der Waals surface area contributed by atoms with Crippen LogP contribution in [0.15, 0.2) is 0 Å². The average Bonchev–Trinajstić information content (AvgIpc) is 1.61. The molecule has 2 nitrogen and oxygen atoms in total. The molecule has 0 rings (SSSR count). The van der Waals surface area contributed by atoms with Gasteiger partial charge in [-0.25, -0.2) is 0 Å². The molecule has 0 heterocycles. The zero-order valence-electron chi connectivity index (χ0n) is 4.15. The fourth-order valence-electron chi connectivity index (χ4n) is 0.295. The Bertz CT molecular complexity index is 19.5. The van der Waals surface area contributed by atoms with Crippen molar-refractivity contribution in [1.82, 2.24) is 0 Å². The number of rotatable bonds is 3. The van der Waals surface area contributed by atoms with E-state index in [1.807, 2.05) is 0 Å². The Kier molecular flexibility index (Phi) is 4.85. The van der Waals surface area contributed by atoms with Gasteiger partial charge in [0, 0.05) is 0 Å². The summed E-state index contributed by atoms with van der Waals surface area (Å²) in [5.74, 6) is 0. The minimum Gasteiger partial charge on any atom is -0.391 e. The van der Waals surface area contributed by atoms with Crippen LogP contribution in [-0.4, -0.2) is 24.8 Å². The minimum atomic E-state index is 0.299. The lowest BCUT2D eigenvalue weighted by Crippen LogP contribution is -2.84. The third-order valence-corrected chi connectivity index (χ3v) is 0.622. The van der Waals surface area contributed by atoms with Gasteiger partial charge in [-0.2, -0.15) is 0 Å². The summed E-state index contributed by atoms with van der Waals surface area (Å²) in [6.07, 6.45) is 0. The van der Waals surface area contributed by atoms with Gasteiger partial charge in [-0.15, -0.1) is 0 Å². The fourth-order valence-corrected chi connectivity index (χ4v) is 0.295. The Hall–Kier alpha value is -0.0800. The normalized spacial score (nSPS) is 9.00. The lowest BCUT2D eigenvalue weighted by atomic mass is 10.6. The molecule has 2 heteroatoms. The zero-order valence-corrected chi connectivity index (χ0v) is 4.15. The van der Waals surface area contributed by atoms with Crippen molar-refractivity contribution >= 4 is 0 Å². The van der Waals surface area contributed by atoms with Gasteiger partial charge in [0.1, 0.15) is 0 Å². The first kappa shape index (κ1) is 5.92. The summed E-state index contributed by atoms with van der Waals surface area (Å²) in [5.41, 5.74) is 0. The van der Waals surface area contributed by atoms with Crippen molar-refractivity contribution in [3.05, 3.63) is 0 Å². The van der Waals surface area contributed by atoms with Gasteiger partial charge in [-0.1, -0.05) is 0 Å². The summed E-state index contributed by atoms with van der Waals surface area (Å²) >= 11 is 0. The van der Waals surface area contributed by atoms with Gasteiger partial charge in [-0.05, 0) is 6.92 Å². The van der Waals surface area contributed by atoms with Gasteiger partial charge < -0.3 is 10.4 Å². The summed E-state index contributed by atoms with van der Waals surface area (Å²) in [6.45, 7) is 4.28. The smallest absolute Gasteiger partial charge is 0.0990 e. The SMILES string of the molecule is CC[NH2+]CCO. The van der Waals surface area contributed by atoms with Crippen molar-refractivity contribution in [2.45, 2.75) is 6.92 Å².